The highest BCUT2D eigenvalue weighted by Crippen LogP contribution is 2.45. The van der Waals surface area contributed by atoms with E-state index in [2.05, 4.69) is 111 Å². The molecule has 32 heavy (non-hydrogen) atoms. The molecule has 0 radical (unpaired) electrons. The lowest BCUT2D eigenvalue weighted by Gasteiger charge is -2.08. The van der Waals surface area contributed by atoms with E-state index in [1.54, 1.807) is 0 Å². The molecule has 0 amide bonds. The van der Waals surface area contributed by atoms with Crippen LogP contribution in [0.4, 0.5) is 0 Å². The third kappa shape index (κ3) is 3.77. The molecule has 0 fully saturated rings. The highest BCUT2D eigenvalue weighted by atomic mass is 28.3. The van der Waals surface area contributed by atoms with Gasteiger partial charge in [0.05, 0.1) is 22.4 Å². The fourth-order valence-corrected chi connectivity index (χ4v) is 4.95. The summed E-state index contributed by atoms with van der Waals surface area (Å²) in [7, 11) is -3.04. The normalized spacial score (nSPS) is 12.2. The molecule has 1 aliphatic carbocycles. The second-order valence-electron chi connectivity index (χ2n) is 10.5. The van der Waals surface area contributed by atoms with Crippen LogP contribution in [0.15, 0.2) is 48.5 Å². The molecule has 0 spiro atoms. The smallest absolute Gasteiger partial charge is 0.129 e. The Morgan fingerprint density at radius 3 is 1.47 bits per heavy atom. The molecule has 5 rings (SSSR count). The lowest BCUT2D eigenvalue weighted by molar-refractivity contribution is 1.31. The van der Waals surface area contributed by atoms with Gasteiger partial charge in [0.15, 0.2) is 0 Å². The Morgan fingerprint density at radius 2 is 1.06 bits per heavy atom. The number of benzene rings is 3. The Bertz CT molecular complexity index is 1430. The summed E-state index contributed by atoms with van der Waals surface area (Å²) in [6, 6.07) is 17.0. The van der Waals surface area contributed by atoms with Crippen LogP contribution in [0, 0.1) is 22.9 Å². The Kier molecular flexibility index (Phi) is 4.64. The van der Waals surface area contributed by atoms with Gasteiger partial charge < -0.3 is 0 Å². The van der Waals surface area contributed by atoms with E-state index in [4.69, 9.17) is 9.97 Å². The van der Waals surface area contributed by atoms with Gasteiger partial charge in [0.1, 0.15) is 16.1 Å². The number of nitrogens with zero attached hydrogens (tertiary/aromatic N) is 2. The summed E-state index contributed by atoms with van der Waals surface area (Å²) in [6.07, 6.45) is 0. The predicted molar refractivity (Wildman–Crippen MR) is 142 cm³/mol. The molecule has 2 nitrogen and oxygen atoms in total. The minimum absolute atomic E-state index is 0.881. The fraction of sp³-hybridized carbons (Fsp3) is 0.214. The summed E-state index contributed by atoms with van der Waals surface area (Å²) < 4.78 is 0. The second-order valence-corrected chi connectivity index (χ2v) is 20.0. The number of rotatable bonds is 0. The standard InChI is InChI=1S/C28H26N2Si2/c1-31(2,3)15-13-20-17-24-25(18-21(20)14-16-32(4,5)6)30-28-23-12-8-10-19-9-7-11-22(26(19)23)27(28)29-24/h7-12,17-18H,1-6H3. The predicted octanol–water partition coefficient (Wildman–Crippen LogP) is 6.89. The molecule has 0 N–H and O–H groups in total. The minimum atomic E-state index is -1.52. The largest absolute Gasteiger partial charge is 0.244 e. The van der Waals surface area contributed by atoms with Crippen LogP contribution in [-0.4, -0.2) is 26.1 Å². The Balaban J connectivity index is 1.78. The topological polar surface area (TPSA) is 25.8 Å². The molecule has 1 heterocycles. The van der Waals surface area contributed by atoms with Gasteiger partial charge in [-0.1, -0.05) is 87.5 Å². The monoisotopic (exact) mass is 446 g/mol. The van der Waals surface area contributed by atoms with Crippen molar-refractivity contribution in [2.75, 3.05) is 0 Å². The van der Waals surface area contributed by atoms with Crippen LogP contribution >= 0.6 is 0 Å². The van der Waals surface area contributed by atoms with Gasteiger partial charge in [-0.25, -0.2) is 9.97 Å². The van der Waals surface area contributed by atoms with Gasteiger partial charge in [-0.3, -0.25) is 0 Å². The van der Waals surface area contributed by atoms with Crippen LogP contribution in [-0.2, 0) is 0 Å². The van der Waals surface area contributed by atoms with Crippen LogP contribution in [0.1, 0.15) is 11.1 Å². The van der Waals surface area contributed by atoms with Crippen molar-refractivity contribution < 1.29 is 0 Å². The molecule has 1 aromatic heterocycles. The van der Waals surface area contributed by atoms with Crippen molar-refractivity contribution in [3.8, 4) is 45.4 Å². The first-order valence-electron chi connectivity index (χ1n) is 11.0. The van der Waals surface area contributed by atoms with Gasteiger partial charge in [-0.2, -0.15) is 0 Å². The van der Waals surface area contributed by atoms with Crippen LogP contribution in [0.3, 0.4) is 0 Å². The molecular weight excluding hydrogens is 420 g/mol. The van der Waals surface area contributed by atoms with E-state index in [1.165, 1.54) is 21.9 Å². The minimum Gasteiger partial charge on any atom is -0.244 e. The highest BCUT2D eigenvalue weighted by molar-refractivity contribution is 6.84. The van der Waals surface area contributed by atoms with Gasteiger partial charge >= 0.3 is 0 Å². The number of hydrogen-bond acceptors (Lipinski definition) is 2. The maximum Gasteiger partial charge on any atom is 0.129 e. The Labute approximate surface area is 192 Å². The van der Waals surface area contributed by atoms with Crippen molar-refractivity contribution in [1.82, 2.24) is 9.97 Å². The second kappa shape index (κ2) is 7.17. The number of fused-ring (bicyclic) bond motifs is 4. The first-order valence-corrected chi connectivity index (χ1v) is 18.0. The molecule has 4 aromatic rings. The summed E-state index contributed by atoms with van der Waals surface area (Å²) in [5.41, 5.74) is 15.0. The average molecular weight is 447 g/mol. The molecule has 0 bridgehead atoms. The number of hydrogen-bond donors (Lipinski definition) is 0. The van der Waals surface area contributed by atoms with Crippen LogP contribution in [0.25, 0.3) is 44.3 Å². The highest BCUT2D eigenvalue weighted by Gasteiger charge is 2.24. The van der Waals surface area contributed by atoms with Gasteiger partial charge in [0.25, 0.3) is 0 Å². The van der Waals surface area contributed by atoms with Crippen molar-refractivity contribution in [1.29, 1.82) is 0 Å². The maximum absolute atomic E-state index is 5.09. The van der Waals surface area contributed by atoms with E-state index in [9.17, 15) is 0 Å². The van der Waals surface area contributed by atoms with Crippen molar-refractivity contribution in [2.45, 2.75) is 39.3 Å². The van der Waals surface area contributed by atoms with Crippen molar-refractivity contribution >= 4 is 38.0 Å². The van der Waals surface area contributed by atoms with Gasteiger partial charge in [0.2, 0.25) is 0 Å². The zero-order valence-electron chi connectivity index (χ0n) is 19.5. The summed E-state index contributed by atoms with van der Waals surface area (Å²) in [6.45, 7) is 13.6. The molecule has 4 heteroatoms. The molecule has 0 unspecified atom stereocenters. The van der Waals surface area contributed by atoms with Gasteiger partial charge in [0, 0.05) is 27.6 Å². The summed E-state index contributed by atoms with van der Waals surface area (Å²) in [5.74, 6) is 6.89. The Hall–Kier alpha value is -3.19. The summed E-state index contributed by atoms with van der Waals surface area (Å²) in [5, 5.41) is 2.48. The van der Waals surface area contributed by atoms with E-state index >= 15 is 0 Å². The number of aromatic nitrogens is 2. The van der Waals surface area contributed by atoms with E-state index in [1.807, 2.05) is 0 Å². The molecular formula is C28H26N2Si2. The van der Waals surface area contributed by atoms with Crippen molar-refractivity contribution in [3.05, 3.63) is 59.7 Å². The molecule has 1 aliphatic rings. The molecule has 156 valence electrons. The first kappa shape index (κ1) is 20.7. The van der Waals surface area contributed by atoms with Crippen LogP contribution in [0.2, 0.25) is 39.3 Å². The maximum atomic E-state index is 5.09. The quantitative estimate of drug-likeness (QED) is 0.191. The zero-order chi connectivity index (χ0) is 22.7. The lowest BCUT2D eigenvalue weighted by atomic mass is 10.0. The van der Waals surface area contributed by atoms with E-state index in [0.29, 0.717) is 0 Å². The fourth-order valence-electron chi connectivity index (χ4n) is 3.93. The summed E-state index contributed by atoms with van der Waals surface area (Å²) >= 11 is 0. The molecule has 0 aliphatic heterocycles. The molecule has 3 aromatic carbocycles. The van der Waals surface area contributed by atoms with E-state index in [0.717, 1.165) is 33.5 Å². The first-order chi connectivity index (χ1) is 15.1. The summed E-state index contributed by atoms with van der Waals surface area (Å²) in [4.78, 5) is 10.2. The van der Waals surface area contributed by atoms with E-state index in [-0.39, 0.29) is 0 Å². The SMILES string of the molecule is C[Si](C)(C)C#Cc1cc2nc3c(nc2cc1C#C[Si](C)(C)C)-c1cccc2cccc-3c12. The average Bonchev–Trinajstić information content (AvgIpc) is 3.03. The third-order valence-corrected chi connectivity index (χ3v) is 7.11. The lowest BCUT2D eigenvalue weighted by Crippen LogP contribution is -2.17. The van der Waals surface area contributed by atoms with Crippen molar-refractivity contribution in [2.24, 2.45) is 0 Å². The molecule has 0 atom stereocenters. The molecule has 0 saturated heterocycles. The van der Waals surface area contributed by atoms with Crippen LogP contribution in [0.5, 0.6) is 0 Å². The van der Waals surface area contributed by atoms with Crippen LogP contribution < -0.4 is 0 Å². The zero-order valence-corrected chi connectivity index (χ0v) is 21.5. The Morgan fingerprint density at radius 1 is 0.625 bits per heavy atom. The van der Waals surface area contributed by atoms with Gasteiger partial charge in [-0.05, 0) is 17.5 Å². The molecule has 0 saturated carbocycles. The van der Waals surface area contributed by atoms with Crippen molar-refractivity contribution in [3.63, 3.8) is 0 Å². The third-order valence-electron chi connectivity index (χ3n) is 5.36. The van der Waals surface area contributed by atoms with E-state index < -0.39 is 16.1 Å². The van der Waals surface area contributed by atoms with Gasteiger partial charge in [-0.15, -0.1) is 11.1 Å².